The minimum atomic E-state index is -0.514. The van der Waals surface area contributed by atoms with Crippen molar-refractivity contribution in [2.75, 3.05) is 32.1 Å². The van der Waals surface area contributed by atoms with Gasteiger partial charge < -0.3 is 20.1 Å². The van der Waals surface area contributed by atoms with Crippen molar-refractivity contribution in [3.63, 3.8) is 0 Å². The first-order valence-corrected chi connectivity index (χ1v) is 9.71. The minimum Gasteiger partial charge on any atom is -0.444 e. The van der Waals surface area contributed by atoms with Gasteiger partial charge in [0.15, 0.2) is 5.96 Å². The van der Waals surface area contributed by atoms with Crippen molar-refractivity contribution >= 4 is 41.7 Å². The normalized spacial score (nSPS) is 12.0. The third-order valence-electron chi connectivity index (χ3n) is 3.82. The predicted molar refractivity (Wildman–Crippen MR) is 130 cm³/mol. The highest BCUT2D eigenvalue weighted by atomic mass is 127. The Labute approximate surface area is 192 Å². The van der Waals surface area contributed by atoms with Gasteiger partial charge >= 0.3 is 6.09 Å². The van der Waals surface area contributed by atoms with Crippen LogP contribution in [0.2, 0.25) is 0 Å². The molecule has 0 saturated heterocycles. The minimum absolute atomic E-state index is 0. The third-order valence-corrected chi connectivity index (χ3v) is 3.82. The average molecular weight is 520 g/mol. The fraction of sp³-hybridized carbons (Fsp3) is 0.619. The number of guanidine groups is 1. The molecule has 0 fully saturated rings. The molecule has 0 spiro atoms. The number of aliphatic imine (C=N–C) groups is 1. The zero-order chi connectivity index (χ0) is 21.2. The maximum absolute atomic E-state index is 11.8. The number of anilines is 1. The van der Waals surface area contributed by atoms with Crippen LogP contribution in [-0.4, -0.2) is 50.0 Å². The van der Waals surface area contributed by atoms with E-state index in [2.05, 4.69) is 20.9 Å². The van der Waals surface area contributed by atoms with Gasteiger partial charge in [-0.05, 0) is 65.7 Å². The summed E-state index contributed by atoms with van der Waals surface area (Å²) in [6, 6.07) is 7.73. The molecule has 0 radical (unpaired) electrons. The molecule has 0 aliphatic carbocycles. The van der Waals surface area contributed by atoms with E-state index in [0.717, 1.165) is 31.0 Å². The first-order chi connectivity index (χ1) is 13.0. The maximum atomic E-state index is 11.8. The second-order valence-corrected chi connectivity index (χ2v) is 8.16. The van der Waals surface area contributed by atoms with E-state index in [1.54, 1.807) is 7.11 Å². The number of hydrogen-bond donors (Lipinski definition) is 3. The number of halogens is 1. The lowest BCUT2D eigenvalue weighted by Gasteiger charge is -2.21. The fourth-order valence-electron chi connectivity index (χ4n) is 2.18. The Kier molecular flexibility index (Phi) is 12.2. The van der Waals surface area contributed by atoms with Gasteiger partial charge in [0.2, 0.25) is 0 Å². The van der Waals surface area contributed by atoms with Crippen molar-refractivity contribution in [1.29, 1.82) is 0 Å². The van der Waals surface area contributed by atoms with E-state index in [9.17, 15) is 4.79 Å². The molecule has 0 atom stereocenters. The Morgan fingerprint density at radius 2 is 1.69 bits per heavy atom. The van der Waals surface area contributed by atoms with E-state index in [4.69, 9.17) is 9.47 Å². The predicted octanol–water partition coefficient (Wildman–Crippen LogP) is 4.17. The summed E-state index contributed by atoms with van der Waals surface area (Å²) in [7, 11) is 1.69. The number of carbonyl (C=O) groups is 1. The van der Waals surface area contributed by atoms with Crippen LogP contribution in [0.25, 0.3) is 0 Å². The van der Waals surface area contributed by atoms with Crippen LogP contribution in [-0.2, 0) is 15.9 Å². The standard InChI is InChI=1S/C21H36N4O3.HI/c1-8-22-18(24-15-21(5,6)27-7)23-14-13-16-9-11-17(12-10-16)25-19(26)28-20(2,3)4;/h9-12H,8,13-15H2,1-7H3,(H,25,26)(H2,22,23,24);1H. The summed E-state index contributed by atoms with van der Waals surface area (Å²) < 4.78 is 10.7. The smallest absolute Gasteiger partial charge is 0.412 e. The topological polar surface area (TPSA) is 84.0 Å². The molecule has 0 bridgehead atoms. The van der Waals surface area contributed by atoms with E-state index >= 15 is 0 Å². The second-order valence-electron chi connectivity index (χ2n) is 8.16. The third kappa shape index (κ3) is 12.6. The molecule has 7 nitrogen and oxygen atoms in total. The van der Waals surface area contributed by atoms with Gasteiger partial charge in [-0.2, -0.15) is 0 Å². The average Bonchev–Trinajstić information content (AvgIpc) is 2.59. The molecule has 8 heteroatoms. The van der Waals surface area contributed by atoms with Crippen LogP contribution in [0, 0.1) is 0 Å². The fourth-order valence-corrected chi connectivity index (χ4v) is 2.18. The number of amides is 1. The van der Waals surface area contributed by atoms with E-state index in [1.807, 2.05) is 65.8 Å². The molecule has 0 heterocycles. The van der Waals surface area contributed by atoms with Gasteiger partial charge in [-0.1, -0.05) is 12.1 Å². The van der Waals surface area contributed by atoms with E-state index in [0.29, 0.717) is 12.2 Å². The van der Waals surface area contributed by atoms with E-state index in [-0.39, 0.29) is 29.6 Å². The number of hydrogen-bond acceptors (Lipinski definition) is 4. The molecule has 0 aromatic heterocycles. The number of nitrogens with one attached hydrogen (secondary N) is 3. The van der Waals surface area contributed by atoms with Gasteiger partial charge in [0.05, 0.1) is 12.1 Å². The number of benzene rings is 1. The first-order valence-electron chi connectivity index (χ1n) is 9.71. The van der Waals surface area contributed by atoms with Gasteiger partial charge in [-0.25, -0.2) is 4.79 Å². The molecule has 3 N–H and O–H groups in total. The summed E-state index contributed by atoms with van der Waals surface area (Å²) in [6.45, 7) is 13.7. The summed E-state index contributed by atoms with van der Waals surface area (Å²) in [6.07, 6.45) is 0.387. The lowest BCUT2D eigenvalue weighted by atomic mass is 10.1. The zero-order valence-corrected chi connectivity index (χ0v) is 21.0. The van der Waals surface area contributed by atoms with Crippen molar-refractivity contribution in [3.8, 4) is 0 Å². The Balaban J connectivity index is 0.00000784. The van der Waals surface area contributed by atoms with Gasteiger partial charge in [-0.15, -0.1) is 24.0 Å². The molecule has 1 rings (SSSR count). The lowest BCUT2D eigenvalue weighted by Crippen LogP contribution is -2.40. The maximum Gasteiger partial charge on any atom is 0.412 e. The highest BCUT2D eigenvalue weighted by Crippen LogP contribution is 2.13. The largest absolute Gasteiger partial charge is 0.444 e. The number of rotatable bonds is 8. The number of ether oxygens (including phenoxy) is 2. The molecular formula is C21H37IN4O3. The van der Waals surface area contributed by atoms with Crippen molar-refractivity contribution in [2.24, 2.45) is 4.99 Å². The van der Waals surface area contributed by atoms with Crippen molar-refractivity contribution < 1.29 is 14.3 Å². The summed E-state index contributed by atoms with van der Waals surface area (Å²) >= 11 is 0. The van der Waals surface area contributed by atoms with Gasteiger partial charge in [0, 0.05) is 25.9 Å². The highest BCUT2D eigenvalue weighted by Gasteiger charge is 2.16. The molecule has 0 unspecified atom stereocenters. The Bertz CT molecular complexity index is 640. The number of nitrogens with zero attached hydrogens (tertiary/aromatic N) is 1. The van der Waals surface area contributed by atoms with Gasteiger partial charge in [0.25, 0.3) is 0 Å². The molecule has 0 aliphatic heterocycles. The van der Waals surface area contributed by atoms with E-state index in [1.165, 1.54) is 0 Å². The number of methoxy groups -OCH3 is 1. The Morgan fingerprint density at radius 1 is 1.07 bits per heavy atom. The molecule has 1 amide bonds. The van der Waals surface area contributed by atoms with Gasteiger partial charge in [0.1, 0.15) is 5.60 Å². The summed E-state index contributed by atoms with van der Waals surface area (Å²) in [5.74, 6) is 0.774. The molecule has 1 aromatic carbocycles. The Morgan fingerprint density at radius 3 is 2.21 bits per heavy atom. The summed E-state index contributed by atoms with van der Waals surface area (Å²) in [4.78, 5) is 16.4. The molecule has 29 heavy (non-hydrogen) atoms. The van der Waals surface area contributed by atoms with E-state index < -0.39 is 11.7 Å². The molecule has 1 aromatic rings. The van der Waals surface area contributed by atoms with Crippen LogP contribution >= 0.6 is 24.0 Å². The SMILES string of the molecule is CCNC(=NCC(C)(C)OC)NCCc1ccc(NC(=O)OC(C)(C)C)cc1.I. The zero-order valence-electron chi connectivity index (χ0n) is 18.7. The van der Waals surface area contributed by atoms with Crippen LogP contribution in [0.4, 0.5) is 10.5 Å². The first kappa shape index (κ1) is 27.5. The molecule has 0 aliphatic rings. The molecular weight excluding hydrogens is 483 g/mol. The van der Waals surface area contributed by atoms with Gasteiger partial charge in [-0.3, -0.25) is 10.3 Å². The van der Waals surface area contributed by atoms with Crippen LogP contribution in [0.15, 0.2) is 29.3 Å². The monoisotopic (exact) mass is 520 g/mol. The van der Waals surface area contributed by atoms with Crippen LogP contribution in [0.3, 0.4) is 0 Å². The lowest BCUT2D eigenvalue weighted by molar-refractivity contribution is 0.0310. The van der Waals surface area contributed by atoms with Crippen LogP contribution in [0.1, 0.15) is 47.1 Å². The molecule has 166 valence electrons. The summed E-state index contributed by atoms with van der Waals surface area (Å²) in [5.41, 5.74) is 1.07. The second kappa shape index (κ2) is 12.9. The van der Waals surface area contributed by atoms with Crippen molar-refractivity contribution in [3.05, 3.63) is 29.8 Å². The van der Waals surface area contributed by atoms with Crippen molar-refractivity contribution in [2.45, 2.75) is 59.2 Å². The van der Waals surface area contributed by atoms with Crippen LogP contribution in [0.5, 0.6) is 0 Å². The van der Waals surface area contributed by atoms with Crippen LogP contribution < -0.4 is 16.0 Å². The highest BCUT2D eigenvalue weighted by molar-refractivity contribution is 14.0. The number of carbonyl (C=O) groups excluding carboxylic acids is 1. The summed E-state index contributed by atoms with van der Waals surface area (Å²) in [5, 5.41) is 9.30. The molecule has 0 saturated carbocycles. The Hall–Kier alpha value is -1.55. The quantitative estimate of drug-likeness (QED) is 0.272. The van der Waals surface area contributed by atoms with Crippen molar-refractivity contribution in [1.82, 2.24) is 10.6 Å².